The molecular formula is C20H21IN2O2. The first-order chi connectivity index (χ1) is 11.6. The molecule has 130 valence electrons. The van der Waals surface area contributed by atoms with Crippen molar-refractivity contribution in [2.45, 2.75) is 13.5 Å². The number of fused-ring (bicyclic) bond motifs is 1. The van der Waals surface area contributed by atoms with Crippen molar-refractivity contribution in [3.05, 3.63) is 65.6 Å². The fourth-order valence-corrected chi connectivity index (χ4v) is 2.94. The highest BCUT2D eigenvalue weighted by Gasteiger charge is 2.14. The average molecular weight is 448 g/mol. The van der Waals surface area contributed by atoms with Crippen molar-refractivity contribution >= 4 is 29.0 Å². The molecule has 0 bridgehead atoms. The van der Waals surface area contributed by atoms with Crippen molar-refractivity contribution in [1.82, 2.24) is 4.57 Å². The highest BCUT2D eigenvalue weighted by molar-refractivity contribution is 5.94. The number of para-hydroxylation sites is 1. The Labute approximate surface area is 164 Å². The van der Waals surface area contributed by atoms with E-state index in [9.17, 15) is 4.79 Å². The molecule has 5 heteroatoms. The maximum absolute atomic E-state index is 11.7. The summed E-state index contributed by atoms with van der Waals surface area (Å²) in [5.41, 5.74) is 4.33. The van der Waals surface area contributed by atoms with Gasteiger partial charge in [-0.05, 0) is 25.1 Å². The summed E-state index contributed by atoms with van der Waals surface area (Å²) in [6.45, 7) is 2.25. The number of ether oxygens (including phenoxy) is 1. The lowest BCUT2D eigenvalue weighted by molar-refractivity contribution is -0.673. The maximum atomic E-state index is 11.7. The Morgan fingerprint density at radius 3 is 2.60 bits per heavy atom. The molecule has 0 saturated heterocycles. The van der Waals surface area contributed by atoms with Crippen LogP contribution in [0.25, 0.3) is 23.1 Å². The average Bonchev–Trinajstić information content (AvgIpc) is 2.86. The quantitative estimate of drug-likeness (QED) is 0.323. The summed E-state index contributed by atoms with van der Waals surface area (Å²) >= 11 is 0. The van der Waals surface area contributed by atoms with Crippen LogP contribution in [0.5, 0.6) is 0 Å². The van der Waals surface area contributed by atoms with Gasteiger partial charge in [-0.1, -0.05) is 18.2 Å². The molecule has 0 unspecified atom stereocenters. The van der Waals surface area contributed by atoms with Gasteiger partial charge in [0.05, 0.1) is 7.11 Å². The zero-order chi connectivity index (χ0) is 17.1. The fraction of sp³-hybridized carbons (Fsp3) is 0.200. The number of pyridine rings is 1. The summed E-state index contributed by atoms with van der Waals surface area (Å²) in [7, 11) is 3.44. The lowest BCUT2D eigenvalue weighted by atomic mass is 10.1. The largest absolute Gasteiger partial charge is 1.00 e. The van der Waals surface area contributed by atoms with Crippen LogP contribution in [0.4, 0.5) is 0 Å². The predicted octanol–water partition coefficient (Wildman–Crippen LogP) is 0.122. The molecule has 3 aromatic rings. The van der Waals surface area contributed by atoms with E-state index in [4.69, 9.17) is 4.74 Å². The van der Waals surface area contributed by atoms with Crippen LogP contribution < -0.4 is 28.5 Å². The van der Waals surface area contributed by atoms with Crippen molar-refractivity contribution in [3.63, 3.8) is 0 Å². The summed E-state index contributed by atoms with van der Waals surface area (Å²) in [4.78, 5) is 11.7. The summed E-state index contributed by atoms with van der Waals surface area (Å²) in [6, 6.07) is 14.2. The number of hydrogen-bond acceptors (Lipinski definition) is 2. The molecule has 25 heavy (non-hydrogen) atoms. The van der Waals surface area contributed by atoms with Gasteiger partial charge in [-0.25, -0.2) is 4.57 Å². The second kappa shape index (κ2) is 8.29. The molecule has 3 rings (SSSR count). The summed E-state index contributed by atoms with van der Waals surface area (Å²) in [5, 5.41) is 1.13. The first-order valence-corrected chi connectivity index (χ1v) is 7.89. The summed E-state index contributed by atoms with van der Waals surface area (Å²) in [6.07, 6.45) is 6.23. The maximum Gasteiger partial charge on any atom is 0.325 e. The smallest absolute Gasteiger partial charge is 0.325 e. The lowest BCUT2D eigenvalue weighted by Gasteiger charge is -2.06. The van der Waals surface area contributed by atoms with E-state index in [1.54, 1.807) is 0 Å². The van der Waals surface area contributed by atoms with Gasteiger partial charge in [0.2, 0.25) is 5.69 Å². The number of carbonyl (C=O) groups is 1. The van der Waals surface area contributed by atoms with Crippen molar-refractivity contribution in [1.29, 1.82) is 0 Å². The van der Waals surface area contributed by atoms with Crippen LogP contribution in [0, 0.1) is 6.92 Å². The fourth-order valence-electron chi connectivity index (χ4n) is 2.94. The zero-order valence-electron chi connectivity index (χ0n) is 14.6. The number of nitrogens with zero attached hydrogens (tertiary/aromatic N) is 2. The first kappa shape index (κ1) is 19.2. The Hall–Kier alpha value is -2.15. The Morgan fingerprint density at radius 1 is 1.16 bits per heavy atom. The normalized spacial score (nSPS) is 10.8. The second-order valence-electron chi connectivity index (χ2n) is 5.75. The molecule has 0 atom stereocenters. The van der Waals surface area contributed by atoms with Crippen molar-refractivity contribution in [2.24, 2.45) is 7.05 Å². The Kier molecular flexibility index (Phi) is 6.36. The van der Waals surface area contributed by atoms with E-state index in [1.165, 1.54) is 7.11 Å². The summed E-state index contributed by atoms with van der Waals surface area (Å²) < 4.78 is 8.91. The van der Waals surface area contributed by atoms with Crippen LogP contribution in [0.3, 0.4) is 0 Å². The number of halogens is 1. The van der Waals surface area contributed by atoms with E-state index in [2.05, 4.69) is 28.9 Å². The van der Waals surface area contributed by atoms with Gasteiger partial charge in [-0.2, -0.15) is 0 Å². The standard InChI is InChI=1S/C20H21N2O2.HI/c1-15-17(12-11-16-8-6-7-13-21(16)2)18-9-4-5-10-19(18)22(15)14-20(23)24-3;/h4-13H,14H2,1-3H3;1H/q+1;/p-1. The molecule has 0 aliphatic carbocycles. The number of methoxy groups -OCH3 is 1. The highest BCUT2D eigenvalue weighted by atomic mass is 127. The van der Waals surface area contributed by atoms with Crippen molar-refractivity contribution in [2.75, 3.05) is 7.11 Å². The minimum absolute atomic E-state index is 0. The molecule has 2 aromatic heterocycles. The van der Waals surface area contributed by atoms with E-state index < -0.39 is 0 Å². The van der Waals surface area contributed by atoms with Gasteiger partial charge in [0.15, 0.2) is 6.20 Å². The van der Waals surface area contributed by atoms with Crippen LogP contribution in [-0.4, -0.2) is 17.6 Å². The van der Waals surface area contributed by atoms with E-state index >= 15 is 0 Å². The number of carbonyl (C=O) groups excluding carboxylic acids is 1. The molecule has 0 amide bonds. The minimum Gasteiger partial charge on any atom is -1.00 e. The number of aryl methyl sites for hydroxylation is 1. The van der Waals surface area contributed by atoms with E-state index in [0.717, 1.165) is 27.9 Å². The molecule has 0 fully saturated rings. The number of hydrogen-bond donors (Lipinski definition) is 0. The van der Waals surface area contributed by atoms with E-state index in [-0.39, 0.29) is 36.5 Å². The SMILES string of the molecule is COC(=O)Cn1c(C)c(/C=C/c2cccc[n+]2C)c2ccccc21.[I-]. The minimum atomic E-state index is -0.246. The Balaban J connectivity index is 0.00000225. The molecule has 0 aliphatic heterocycles. The molecule has 0 radical (unpaired) electrons. The number of aromatic nitrogens is 2. The molecule has 2 heterocycles. The summed E-state index contributed by atoms with van der Waals surface area (Å²) in [5.74, 6) is -0.246. The number of esters is 1. The van der Waals surface area contributed by atoms with Gasteiger partial charge in [0.25, 0.3) is 0 Å². The van der Waals surface area contributed by atoms with Crippen LogP contribution in [-0.2, 0) is 23.1 Å². The molecular weight excluding hydrogens is 427 g/mol. The monoisotopic (exact) mass is 448 g/mol. The third kappa shape index (κ3) is 3.92. The van der Waals surface area contributed by atoms with Gasteiger partial charge in [0.1, 0.15) is 13.6 Å². The highest BCUT2D eigenvalue weighted by Crippen LogP contribution is 2.27. The van der Waals surface area contributed by atoms with Crippen molar-refractivity contribution in [3.8, 4) is 0 Å². The molecule has 0 saturated carbocycles. The Bertz CT molecular complexity index is 929. The molecule has 4 nitrogen and oxygen atoms in total. The van der Waals surface area contributed by atoms with Crippen LogP contribution in [0.2, 0.25) is 0 Å². The molecule has 0 N–H and O–H groups in total. The predicted molar refractivity (Wildman–Crippen MR) is 95.2 cm³/mol. The van der Waals surface area contributed by atoms with Gasteiger partial charge < -0.3 is 33.3 Å². The van der Waals surface area contributed by atoms with E-state index in [0.29, 0.717) is 0 Å². The van der Waals surface area contributed by atoms with Gasteiger partial charge in [0, 0.05) is 40.4 Å². The first-order valence-electron chi connectivity index (χ1n) is 7.89. The van der Waals surface area contributed by atoms with Crippen LogP contribution in [0.1, 0.15) is 17.0 Å². The Morgan fingerprint density at radius 2 is 1.88 bits per heavy atom. The molecule has 0 spiro atoms. The third-order valence-electron chi connectivity index (χ3n) is 4.31. The second-order valence-corrected chi connectivity index (χ2v) is 5.75. The lowest BCUT2D eigenvalue weighted by Crippen LogP contribution is -3.00. The molecule has 1 aromatic carbocycles. The van der Waals surface area contributed by atoms with Crippen LogP contribution in [0.15, 0.2) is 48.7 Å². The zero-order valence-corrected chi connectivity index (χ0v) is 16.7. The molecule has 0 aliphatic rings. The van der Waals surface area contributed by atoms with Gasteiger partial charge in [-0.15, -0.1) is 0 Å². The van der Waals surface area contributed by atoms with Gasteiger partial charge in [-0.3, -0.25) is 4.79 Å². The number of rotatable bonds is 4. The van der Waals surface area contributed by atoms with Crippen molar-refractivity contribution < 1.29 is 38.1 Å². The number of benzene rings is 1. The van der Waals surface area contributed by atoms with Gasteiger partial charge >= 0.3 is 5.97 Å². The van der Waals surface area contributed by atoms with E-state index in [1.807, 2.05) is 55.1 Å². The third-order valence-corrected chi connectivity index (χ3v) is 4.31. The topological polar surface area (TPSA) is 35.1 Å². The van der Waals surface area contributed by atoms with Crippen LogP contribution >= 0.6 is 0 Å².